The smallest absolute Gasteiger partial charge is 0.338 e. The fourth-order valence-corrected chi connectivity index (χ4v) is 3.50. The number of benzene rings is 2. The van der Waals surface area contributed by atoms with Crippen LogP contribution in [0.15, 0.2) is 59.8 Å². The predicted molar refractivity (Wildman–Crippen MR) is 109 cm³/mol. The van der Waals surface area contributed by atoms with Gasteiger partial charge >= 0.3 is 5.97 Å². The van der Waals surface area contributed by atoms with Gasteiger partial charge in [0.1, 0.15) is 18.2 Å². The fraction of sp³-hybridized carbons (Fsp3) is 0.238. The molecule has 8 heteroatoms. The lowest BCUT2D eigenvalue weighted by Crippen LogP contribution is -2.48. The second-order valence-electron chi connectivity index (χ2n) is 6.38. The third kappa shape index (κ3) is 4.60. The molecule has 0 saturated carbocycles. The number of carbonyl (C=O) groups is 1. The van der Waals surface area contributed by atoms with Crippen LogP contribution >= 0.6 is 12.2 Å². The second kappa shape index (κ2) is 9.11. The zero-order valence-electron chi connectivity index (χ0n) is 15.9. The number of thiocarbonyl (C=S) groups is 1. The summed E-state index contributed by atoms with van der Waals surface area (Å²) in [7, 11) is 1.50. The van der Waals surface area contributed by atoms with E-state index < -0.39 is 17.8 Å². The Hall–Kier alpha value is -2.84. The van der Waals surface area contributed by atoms with Gasteiger partial charge in [0.15, 0.2) is 5.11 Å². The number of esters is 1. The highest BCUT2D eigenvalue weighted by molar-refractivity contribution is 7.80. The molecule has 1 N–H and O–H groups in total. The molecule has 0 spiro atoms. The fourth-order valence-electron chi connectivity index (χ4n) is 3.14. The highest BCUT2D eigenvalue weighted by atomic mass is 32.1. The van der Waals surface area contributed by atoms with Crippen molar-refractivity contribution in [1.29, 1.82) is 0 Å². The standard InChI is InChI=1S/C21H20F2N2O3S/c1-13-18(20(26)28-11-10-27-2)19(14-4-3-5-16(23)12-14)24-21(29)25(13)17-8-6-15(22)7-9-17/h3-9,12,19H,10-11H2,1-2H3,(H,24,29)/t19-/m0/s1. The number of rotatable bonds is 6. The third-order valence-electron chi connectivity index (χ3n) is 4.49. The first-order valence-electron chi connectivity index (χ1n) is 8.91. The topological polar surface area (TPSA) is 50.8 Å². The molecule has 0 fully saturated rings. The molecule has 2 aromatic rings. The predicted octanol–water partition coefficient (Wildman–Crippen LogP) is 3.86. The van der Waals surface area contributed by atoms with Crippen molar-refractivity contribution in [1.82, 2.24) is 5.32 Å². The minimum atomic E-state index is -0.690. The largest absolute Gasteiger partial charge is 0.460 e. The minimum Gasteiger partial charge on any atom is -0.460 e. The van der Waals surface area contributed by atoms with Crippen LogP contribution in [0.2, 0.25) is 0 Å². The molecule has 152 valence electrons. The molecule has 0 bridgehead atoms. The number of hydrogen-bond donors (Lipinski definition) is 1. The van der Waals surface area contributed by atoms with Crippen LogP contribution in [0, 0.1) is 11.6 Å². The summed E-state index contributed by atoms with van der Waals surface area (Å²) in [4.78, 5) is 14.5. The van der Waals surface area contributed by atoms with Crippen molar-refractivity contribution in [3.05, 3.63) is 77.0 Å². The van der Waals surface area contributed by atoms with Crippen molar-refractivity contribution in [2.75, 3.05) is 25.2 Å². The first kappa shape index (κ1) is 20.9. The highest BCUT2D eigenvalue weighted by Gasteiger charge is 2.35. The van der Waals surface area contributed by atoms with Crippen LogP contribution < -0.4 is 10.2 Å². The molecule has 2 aromatic carbocycles. The summed E-state index contributed by atoms with van der Waals surface area (Å²) in [6.45, 7) is 2.04. The number of allylic oxidation sites excluding steroid dienone is 1. The van der Waals surface area contributed by atoms with E-state index in [4.69, 9.17) is 21.7 Å². The lowest BCUT2D eigenvalue weighted by molar-refractivity contribution is -0.140. The van der Waals surface area contributed by atoms with Crippen molar-refractivity contribution in [2.45, 2.75) is 13.0 Å². The van der Waals surface area contributed by atoms with Gasteiger partial charge in [0.05, 0.1) is 18.2 Å². The highest BCUT2D eigenvalue weighted by Crippen LogP contribution is 2.34. The number of nitrogens with one attached hydrogen (secondary N) is 1. The molecule has 0 amide bonds. The summed E-state index contributed by atoms with van der Waals surface area (Å²) in [5.41, 5.74) is 1.91. The van der Waals surface area contributed by atoms with E-state index in [-0.39, 0.29) is 24.6 Å². The zero-order chi connectivity index (χ0) is 21.0. The Bertz CT molecular complexity index is 947. The number of anilines is 1. The van der Waals surface area contributed by atoms with Gasteiger partial charge in [0.2, 0.25) is 0 Å². The van der Waals surface area contributed by atoms with Gasteiger partial charge in [-0.05, 0) is 61.1 Å². The second-order valence-corrected chi connectivity index (χ2v) is 6.76. The number of ether oxygens (including phenoxy) is 2. The van der Waals surface area contributed by atoms with Crippen molar-refractivity contribution in [3.8, 4) is 0 Å². The number of methoxy groups -OCH3 is 1. The first-order valence-corrected chi connectivity index (χ1v) is 9.31. The van der Waals surface area contributed by atoms with E-state index >= 15 is 0 Å². The van der Waals surface area contributed by atoms with Crippen molar-refractivity contribution >= 4 is 29.0 Å². The van der Waals surface area contributed by atoms with Crippen LogP contribution in [0.25, 0.3) is 0 Å². The molecule has 5 nitrogen and oxygen atoms in total. The summed E-state index contributed by atoms with van der Waals surface area (Å²) < 4.78 is 37.4. The average Bonchev–Trinajstić information content (AvgIpc) is 2.69. The molecular formula is C21H20F2N2O3S. The van der Waals surface area contributed by atoms with E-state index in [0.717, 1.165) is 0 Å². The SMILES string of the molecule is COCCOC(=O)C1=C(C)N(c2ccc(F)cc2)C(=S)N[C@H]1c1cccc(F)c1. The average molecular weight is 418 g/mol. The van der Waals surface area contributed by atoms with E-state index in [1.54, 1.807) is 36.1 Å². The summed E-state index contributed by atoms with van der Waals surface area (Å²) in [5.74, 6) is -1.39. The molecule has 1 heterocycles. The minimum absolute atomic E-state index is 0.0724. The van der Waals surface area contributed by atoms with Crippen molar-refractivity contribution in [3.63, 3.8) is 0 Å². The van der Waals surface area contributed by atoms with Gasteiger partial charge in [-0.3, -0.25) is 4.90 Å². The summed E-state index contributed by atoms with van der Waals surface area (Å²) >= 11 is 5.50. The molecule has 0 aliphatic carbocycles. The van der Waals surface area contributed by atoms with E-state index in [2.05, 4.69) is 5.32 Å². The maximum absolute atomic E-state index is 13.8. The van der Waals surface area contributed by atoms with Gasteiger partial charge in [0.25, 0.3) is 0 Å². The molecule has 3 rings (SSSR count). The molecular weight excluding hydrogens is 398 g/mol. The molecule has 0 saturated heterocycles. The first-order chi connectivity index (χ1) is 13.9. The van der Waals surface area contributed by atoms with Crippen LogP contribution in [-0.2, 0) is 14.3 Å². The Morgan fingerprint density at radius 3 is 2.52 bits per heavy atom. The third-order valence-corrected chi connectivity index (χ3v) is 4.79. The Balaban J connectivity index is 2.06. The molecule has 1 aliphatic heterocycles. The van der Waals surface area contributed by atoms with Crippen molar-refractivity contribution in [2.24, 2.45) is 0 Å². The molecule has 0 unspecified atom stereocenters. The van der Waals surface area contributed by atoms with Crippen LogP contribution in [0.1, 0.15) is 18.5 Å². The van der Waals surface area contributed by atoms with Gasteiger partial charge in [-0.1, -0.05) is 12.1 Å². The van der Waals surface area contributed by atoms with Gasteiger partial charge in [-0.2, -0.15) is 0 Å². The Kier molecular flexibility index (Phi) is 6.56. The number of hydrogen-bond acceptors (Lipinski definition) is 4. The van der Waals surface area contributed by atoms with Crippen LogP contribution in [0.5, 0.6) is 0 Å². The number of nitrogens with zero attached hydrogens (tertiary/aromatic N) is 1. The molecule has 1 aliphatic rings. The quantitative estimate of drug-likeness (QED) is 0.437. The van der Waals surface area contributed by atoms with Crippen LogP contribution in [-0.4, -0.2) is 31.4 Å². The zero-order valence-corrected chi connectivity index (χ0v) is 16.8. The summed E-state index contributed by atoms with van der Waals surface area (Å²) in [6.07, 6.45) is 0. The summed E-state index contributed by atoms with van der Waals surface area (Å²) in [5, 5.41) is 3.38. The molecule has 1 atom stereocenters. The van der Waals surface area contributed by atoms with E-state index in [0.29, 0.717) is 22.1 Å². The monoisotopic (exact) mass is 418 g/mol. The van der Waals surface area contributed by atoms with E-state index in [1.807, 2.05) is 0 Å². The Morgan fingerprint density at radius 1 is 1.14 bits per heavy atom. The van der Waals surface area contributed by atoms with Gasteiger partial charge < -0.3 is 14.8 Å². The molecule has 0 radical (unpaired) electrons. The van der Waals surface area contributed by atoms with Gasteiger partial charge in [0, 0.05) is 18.5 Å². The van der Waals surface area contributed by atoms with Gasteiger partial charge in [-0.25, -0.2) is 13.6 Å². The van der Waals surface area contributed by atoms with Crippen LogP contribution in [0.3, 0.4) is 0 Å². The maximum atomic E-state index is 13.8. The maximum Gasteiger partial charge on any atom is 0.338 e. The Morgan fingerprint density at radius 2 is 1.86 bits per heavy atom. The summed E-state index contributed by atoms with van der Waals surface area (Å²) in [6, 6.07) is 11.0. The normalized spacial score (nSPS) is 16.6. The molecule has 0 aromatic heterocycles. The lowest BCUT2D eigenvalue weighted by atomic mass is 9.94. The number of halogens is 2. The van der Waals surface area contributed by atoms with Gasteiger partial charge in [-0.15, -0.1) is 0 Å². The number of carbonyl (C=O) groups excluding carboxylic acids is 1. The van der Waals surface area contributed by atoms with E-state index in [1.165, 1.54) is 31.4 Å². The lowest BCUT2D eigenvalue weighted by Gasteiger charge is -2.37. The van der Waals surface area contributed by atoms with Crippen LogP contribution in [0.4, 0.5) is 14.5 Å². The van der Waals surface area contributed by atoms with Crippen molar-refractivity contribution < 1.29 is 23.0 Å². The Labute approximate surface area is 172 Å². The van der Waals surface area contributed by atoms with E-state index in [9.17, 15) is 13.6 Å². The molecule has 29 heavy (non-hydrogen) atoms.